The first-order valence-electron chi connectivity index (χ1n) is 15.7. The maximum absolute atomic E-state index is 12.3. The van der Waals surface area contributed by atoms with Gasteiger partial charge in [-0.25, -0.2) is 0 Å². The van der Waals surface area contributed by atoms with E-state index in [1.165, 1.54) is 64.5 Å². The van der Waals surface area contributed by atoms with Gasteiger partial charge in [0.15, 0.2) is 0 Å². The Bertz CT molecular complexity index is 1240. The number of likely N-dealkylation sites (tertiary alicyclic amines) is 2. The minimum absolute atomic E-state index is 0.199. The van der Waals surface area contributed by atoms with Crippen LogP contribution in [0.5, 0.6) is 0 Å². The number of nitrogens with zero attached hydrogens (tertiary/aromatic N) is 5. The Morgan fingerprint density at radius 1 is 0.951 bits per heavy atom. The fourth-order valence-corrected chi connectivity index (χ4v) is 6.58. The number of unbranched alkanes of at least 4 members (excludes halogenated alkanes) is 4. The van der Waals surface area contributed by atoms with Gasteiger partial charge in [-0.05, 0) is 58.2 Å². The van der Waals surface area contributed by atoms with Crippen molar-refractivity contribution in [2.45, 2.75) is 82.1 Å². The van der Waals surface area contributed by atoms with Crippen LogP contribution in [0.1, 0.15) is 98.4 Å². The summed E-state index contributed by atoms with van der Waals surface area (Å²) in [6.45, 7) is 5.23. The summed E-state index contributed by atoms with van der Waals surface area (Å²) in [7, 11) is 2.22. The van der Waals surface area contributed by atoms with E-state index in [0.717, 1.165) is 55.2 Å². The number of piperidine rings is 1. The molecule has 3 aliphatic rings. The average molecular weight is 561 g/mol. The number of amides is 1. The molecule has 4 heterocycles. The minimum atomic E-state index is -0.199. The van der Waals surface area contributed by atoms with Gasteiger partial charge in [0.2, 0.25) is 17.5 Å². The zero-order valence-electron chi connectivity index (χ0n) is 24.3. The largest absolute Gasteiger partial charge is 0.425 e. The predicted octanol–water partition coefficient (Wildman–Crippen LogP) is 5.48. The molecule has 1 amide bonds. The molecule has 0 atom stereocenters. The first-order valence-corrected chi connectivity index (χ1v) is 15.7. The van der Waals surface area contributed by atoms with Crippen LogP contribution in [-0.4, -0.2) is 76.9 Å². The fourth-order valence-electron chi connectivity index (χ4n) is 6.58. The van der Waals surface area contributed by atoms with E-state index < -0.39 is 0 Å². The molecule has 1 aliphatic carbocycles. The molecule has 0 spiro atoms. The van der Waals surface area contributed by atoms with Gasteiger partial charge in [-0.3, -0.25) is 9.69 Å². The molecule has 2 aromatic heterocycles. The zero-order valence-corrected chi connectivity index (χ0v) is 24.3. The summed E-state index contributed by atoms with van der Waals surface area (Å²) in [6, 6.07) is 12.2. The highest BCUT2D eigenvalue weighted by Gasteiger charge is 2.39. The maximum atomic E-state index is 12.3. The molecule has 220 valence electrons. The van der Waals surface area contributed by atoms with Gasteiger partial charge in [0.25, 0.3) is 5.91 Å². The molecule has 3 aromatic rings. The van der Waals surface area contributed by atoms with Gasteiger partial charge in [-0.15, -0.1) is 10.2 Å². The van der Waals surface area contributed by atoms with Crippen LogP contribution in [-0.2, 0) is 0 Å². The Kier molecular flexibility index (Phi) is 9.11. The Labute approximate surface area is 243 Å². The van der Waals surface area contributed by atoms with Crippen molar-refractivity contribution in [1.29, 1.82) is 0 Å². The van der Waals surface area contributed by atoms with Crippen LogP contribution in [0.3, 0.4) is 0 Å². The van der Waals surface area contributed by atoms with E-state index >= 15 is 0 Å². The van der Waals surface area contributed by atoms with E-state index in [0.29, 0.717) is 24.1 Å². The Morgan fingerprint density at radius 2 is 1.66 bits per heavy atom. The Morgan fingerprint density at radius 3 is 2.44 bits per heavy atom. The molecule has 1 aromatic carbocycles. The molecule has 0 radical (unpaired) electrons. The lowest BCUT2D eigenvalue weighted by atomic mass is 9.72. The lowest BCUT2D eigenvalue weighted by molar-refractivity contribution is 0.0432. The van der Waals surface area contributed by atoms with E-state index in [-0.39, 0.29) is 11.7 Å². The molecule has 0 unspecified atom stereocenters. The van der Waals surface area contributed by atoms with Gasteiger partial charge in [0.05, 0.1) is 5.92 Å². The molecular weight excluding hydrogens is 516 g/mol. The van der Waals surface area contributed by atoms with Crippen LogP contribution in [0.25, 0.3) is 11.3 Å². The second-order valence-corrected chi connectivity index (χ2v) is 12.5. The number of benzene rings is 1. The average Bonchev–Trinajstić information content (AvgIpc) is 3.63. The quantitative estimate of drug-likeness (QED) is 0.274. The summed E-state index contributed by atoms with van der Waals surface area (Å²) in [5.74, 6) is 3.48. The second kappa shape index (κ2) is 13.3. The monoisotopic (exact) mass is 560 g/mol. The molecule has 41 heavy (non-hydrogen) atoms. The summed E-state index contributed by atoms with van der Waals surface area (Å²) < 4.78 is 11.4. The van der Waals surface area contributed by atoms with Crippen molar-refractivity contribution in [2.24, 2.45) is 5.92 Å². The van der Waals surface area contributed by atoms with Crippen molar-refractivity contribution in [3.63, 3.8) is 0 Å². The van der Waals surface area contributed by atoms with Gasteiger partial charge in [0.1, 0.15) is 5.69 Å². The van der Waals surface area contributed by atoms with E-state index in [9.17, 15) is 4.79 Å². The molecule has 2 saturated heterocycles. The first-order chi connectivity index (χ1) is 20.1. The number of hydrogen-bond donors (Lipinski definition) is 1. The third-order valence-electron chi connectivity index (χ3n) is 9.38. The van der Waals surface area contributed by atoms with Crippen molar-refractivity contribution < 1.29 is 13.7 Å². The normalized spacial score (nSPS) is 22.4. The zero-order chi connectivity index (χ0) is 28.0. The van der Waals surface area contributed by atoms with Gasteiger partial charge >= 0.3 is 0 Å². The lowest BCUT2D eigenvalue weighted by Gasteiger charge is -2.45. The summed E-state index contributed by atoms with van der Waals surface area (Å²) in [6.07, 6.45) is 12.1. The van der Waals surface area contributed by atoms with Gasteiger partial charge in [-0.1, -0.05) is 67.6 Å². The van der Waals surface area contributed by atoms with Crippen LogP contribution in [0.2, 0.25) is 0 Å². The van der Waals surface area contributed by atoms with Crippen LogP contribution >= 0.6 is 0 Å². The molecule has 1 N–H and O–H groups in total. The van der Waals surface area contributed by atoms with Crippen LogP contribution in [0.4, 0.5) is 0 Å². The first kappa shape index (κ1) is 28.1. The van der Waals surface area contributed by atoms with E-state index in [1.807, 2.05) is 30.3 Å². The molecule has 1 saturated carbocycles. The minimum Gasteiger partial charge on any atom is -0.425 e. The summed E-state index contributed by atoms with van der Waals surface area (Å²) >= 11 is 0. The standard InChI is InChI=1S/C32H44N6O3/c1-37-16-13-27(14-17-37)38-21-26(22-38)32-35-34-31(40-32)25-18-23(19-25)10-6-3-2-4-9-15-33-30(39)29-20-28(36-41-29)24-11-7-5-8-12-24/h5,7-8,11-12,20,23,25-27H,2-4,6,9-10,13-19,21-22H2,1H3,(H,33,39). The van der Waals surface area contributed by atoms with Crippen LogP contribution in [0, 0.1) is 5.92 Å². The van der Waals surface area contributed by atoms with Crippen LogP contribution < -0.4 is 5.32 Å². The third-order valence-corrected chi connectivity index (χ3v) is 9.38. The second-order valence-electron chi connectivity index (χ2n) is 12.5. The van der Waals surface area contributed by atoms with Gasteiger partial charge in [0, 0.05) is 43.2 Å². The topological polar surface area (TPSA) is 101 Å². The van der Waals surface area contributed by atoms with E-state index in [4.69, 9.17) is 8.94 Å². The number of rotatable bonds is 13. The Balaban J connectivity index is 0.788. The predicted molar refractivity (Wildman–Crippen MR) is 157 cm³/mol. The molecule has 6 rings (SSSR count). The van der Waals surface area contributed by atoms with Crippen molar-refractivity contribution >= 4 is 5.91 Å². The highest BCUT2D eigenvalue weighted by molar-refractivity contribution is 5.92. The summed E-state index contributed by atoms with van der Waals surface area (Å²) in [5, 5.41) is 15.8. The number of carbonyl (C=O) groups is 1. The molecule has 2 aliphatic heterocycles. The molecular formula is C32H44N6O3. The Hall–Kier alpha value is -3.04. The third kappa shape index (κ3) is 7.07. The van der Waals surface area contributed by atoms with Crippen molar-refractivity contribution in [2.75, 3.05) is 39.8 Å². The highest BCUT2D eigenvalue weighted by atomic mass is 16.5. The smallest absolute Gasteiger partial charge is 0.289 e. The van der Waals surface area contributed by atoms with Gasteiger partial charge < -0.3 is 19.2 Å². The van der Waals surface area contributed by atoms with Crippen molar-refractivity contribution in [1.82, 2.24) is 30.5 Å². The molecule has 3 fully saturated rings. The maximum Gasteiger partial charge on any atom is 0.289 e. The number of hydrogen-bond acceptors (Lipinski definition) is 8. The molecule has 9 heteroatoms. The van der Waals surface area contributed by atoms with Crippen LogP contribution in [0.15, 0.2) is 45.3 Å². The van der Waals surface area contributed by atoms with E-state index in [2.05, 4.69) is 37.5 Å². The van der Waals surface area contributed by atoms with Crippen molar-refractivity contribution in [3.8, 4) is 11.3 Å². The number of carbonyl (C=O) groups excluding carboxylic acids is 1. The summed E-state index contributed by atoms with van der Waals surface area (Å²) in [4.78, 5) is 17.4. The van der Waals surface area contributed by atoms with Crippen molar-refractivity contribution in [3.05, 3.63) is 53.9 Å². The molecule has 9 nitrogen and oxygen atoms in total. The molecule has 0 bridgehead atoms. The lowest BCUT2D eigenvalue weighted by Crippen LogP contribution is -2.53. The van der Waals surface area contributed by atoms with E-state index in [1.54, 1.807) is 6.07 Å². The SMILES string of the molecule is CN1CCC(N2CC(c3nnc(C4CC(CCCCCCCNC(=O)c5cc(-c6ccccc6)no5)C4)o3)C2)CC1. The number of aromatic nitrogens is 3. The number of nitrogens with one attached hydrogen (secondary N) is 1. The summed E-state index contributed by atoms with van der Waals surface area (Å²) in [5.41, 5.74) is 1.62. The fraction of sp³-hybridized carbons (Fsp3) is 0.625. The highest BCUT2D eigenvalue weighted by Crippen LogP contribution is 2.44. The van der Waals surface area contributed by atoms with Gasteiger partial charge in [-0.2, -0.15) is 0 Å².